The first-order valence-corrected chi connectivity index (χ1v) is 8.60. The third kappa shape index (κ3) is 5.02. The van der Waals surface area contributed by atoms with Crippen LogP contribution in [-0.2, 0) is 6.54 Å². The average molecular weight is 350 g/mol. The molecule has 0 aliphatic rings. The van der Waals surface area contributed by atoms with E-state index in [-0.39, 0.29) is 11.4 Å². The minimum Gasteiger partial charge on any atom is -0.365 e. The molecule has 0 spiro atoms. The molecule has 0 aliphatic heterocycles. The van der Waals surface area contributed by atoms with E-state index in [2.05, 4.69) is 41.4 Å². The Morgan fingerprint density at radius 2 is 1.62 bits per heavy atom. The van der Waals surface area contributed by atoms with Crippen LogP contribution in [0.4, 0.5) is 16.2 Å². The predicted octanol–water partition coefficient (Wildman–Crippen LogP) is 5.11. The van der Waals surface area contributed by atoms with E-state index in [1.54, 1.807) is 12.1 Å². The predicted molar refractivity (Wildman–Crippen MR) is 105 cm³/mol. The molecule has 26 heavy (non-hydrogen) atoms. The summed E-state index contributed by atoms with van der Waals surface area (Å²) in [6.07, 6.45) is 0. The van der Waals surface area contributed by atoms with E-state index >= 15 is 0 Å². The number of rotatable bonds is 5. The number of anilines is 2. The minimum absolute atomic E-state index is 0.115. The Hall–Kier alpha value is -2.95. The van der Waals surface area contributed by atoms with Crippen molar-refractivity contribution >= 4 is 11.8 Å². The normalized spacial score (nSPS) is 11.2. The van der Waals surface area contributed by atoms with Gasteiger partial charge in [-0.25, -0.2) is 9.37 Å². The topological polar surface area (TPSA) is 49.8 Å². The molecule has 0 saturated carbocycles. The maximum atomic E-state index is 13.0. The summed E-state index contributed by atoms with van der Waals surface area (Å²) in [5, 5.41) is 6.63. The summed E-state index contributed by atoms with van der Waals surface area (Å²) in [5.41, 5.74) is 2.72. The molecule has 0 fully saturated rings. The minimum atomic E-state index is -0.243. The number of halogens is 1. The maximum Gasteiger partial charge on any atom is 0.225 e. The smallest absolute Gasteiger partial charge is 0.225 e. The molecular weight excluding hydrogens is 327 g/mol. The fraction of sp³-hybridized carbons (Fsp3) is 0.238. The summed E-state index contributed by atoms with van der Waals surface area (Å²) in [4.78, 5) is 9.20. The second-order valence-electron chi connectivity index (χ2n) is 7.18. The molecular formula is C21H23FN4. The second-order valence-corrected chi connectivity index (χ2v) is 7.18. The first kappa shape index (κ1) is 17.9. The lowest BCUT2D eigenvalue weighted by Crippen LogP contribution is -2.27. The lowest BCUT2D eigenvalue weighted by molar-refractivity contribution is 0.627. The van der Waals surface area contributed by atoms with Gasteiger partial charge in [0.05, 0.1) is 5.69 Å². The van der Waals surface area contributed by atoms with Crippen LogP contribution in [0.2, 0.25) is 0 Å². The molecule has 0 amide bonds. The van der Waals surface area contributed by atoms with Crippen molar-refractivity contribution in [2.75, 3.05) is 10.6 Å². The van der Waals surface area contributed by atoms with E-state index < -0.39 is 0 Å². The van der Waals surface area contributed by atoms with Gasteiger partial charge in [0.25, 0.3) is 0 Å². The molecule has 2 aromatic carbocycles. The number of aromatic nitrogens is 2. The molecule has 3 rings (SSSR count). The summed E-state index contributed by atoms with van der Waals surface area (Å²) < 4.78 is 13.0. The molecule has 0 bridgehead atoms. The van der Waals surface area contributed by atoms with Gasteiger partial charge in [-0.2, -0.15) is 4.98 Å². The maximum absolute atomic E-state index is 13.0. The highest BCUT2D eigenvalue weighted by Crippen LogP contribution is 2.23. The Morgan fingerprint density at radius 3 is 2.27 bits per heavy atom. The van der Waals surface area contributed by atoms with Gasteiger partial charge in [-0.05, 0) is 38.5 Å². The zero-order valence-corrected chi connectivity index (χ0v) is 15.3. The number of nitrogens with zero attached hydrogens (tertiary/aromatic N) is 2. The van der Waals surface area contributed by atoms with Gasteiger partial charge in [-0.15, -0.1) is 0 Å². The van der Waals surface area contributed by atoms with Crippen molar-refractivity contribution in [2.24, 2.45) is 0 Å². The number of hydrogen-bond donors (Lipinski definition) is 2. The van der Waals surface area contributed by atoms with Crippen molar-refractivity contribution in [1.29, 1.82) is 0 Å². The van der Waals surface area contributed by atoms with E-state index in [1.165, 1.54) is 12.1 Å². The first-order chi connectivity index (χ1) is 12.4. The molecule has 0 unspecified atom stereocenters. The molecule has 5 heteroatoms. The van der Waals surface area contributed by atoms with Gasteiger partial charge >= 0.3 is 0 Å². The third-order valence-corrected chi connectivity index (χ3v) is 3.66. The highest BCUT2D eigenvalue weighted by atomic mass is 19.1. The van der Waals surface area contributed by atoms with Crippen LogP contribution in [0.3, 0.4) is 0 Å². The van der Waals surface area contributed by atoms with Crippen LogP contribution in [0.15, 0.2) is 60.7 Å². The Balaban J connectivity index is 1.87. The lowest BCUT2D eigenvalue weighted by atomic mass is 10.1. The van der Waals surface area contributed by atoms with Gasteiger partial charge in [0, 0.05) is 23.7 Å². The average Bonchev–Trinajstić information content (AvgIpc) is 2.60. The zero-order chi connectivity index (χ0) is 18.6. The molecule has 2 N–H and O–H groups in total. The Bertz CT molecular complexity index is 855. The van der Waals surface area contributed by atoms with Gasteiger partial charge in [-0.3, -0.25) is 0 Å². The van der Waals surface area contributed by atoms with Crippen LogP contribution < -0.4 is 10.6 Å². The van der Waals surface area contributed by atoms with Crippen LogP contribution in [0.25, 0.3) is 11.3 Å². The summed E-state index contributed by atoms with van der Waals surface area (Å²) in [6, 6.07) is 18.3. The van der Waals surface area contributed by atoms with Crippen molar-refractivity contribution in [1.82, 2.24) is 9.97 Å². The first-order valence-electron chi connectivity index (χ1n) is 8.60. The summed E-state index contributed by atoms with van der Waals surface area (Å²) in [7, 11) is 0. The van der Waals surface area contributed by atoms with Gasteiger partial charge in [0.1, 0.15) is 11.6 Å². The highest BCUT2D eigenvalue weighted by Gasteiger charge is 2.13. The monoisotopic (exact) mass is 350 g/mol. The van der Waals surface area contributed by atoms with E-state index in [4.69, 9.17) is 0 Å². The van der Waals surface area contributed by atoms with E-state index in [0.717, 1.165) is 22.6 Å². The second kappa shape index (κ2) is 7.52. The van der Waals surface area contributed by atoms with Crippen LogP contribution in [-0.4, -0.2) is 15.5 Å². The number of benzene rings is 2. The fourth-order valence-electron chi connectivity index (χ4n) is 2.51. The molecule has 0 atom stereocenters. The summed E-state index contributed by atoms with van der Waals surface area (Å²) in [6.45, 7) is 6.78. The zero-order valence-electron chi connectivity index (χ0n) is 15.3. The van der Waals surface area contributed by atoms with Crippen LogP contribution in [0.5, 0.6) is 0 Å². The van der Waals surface area contributed by atoms with E-state index in [9.17, 15) is 4.39 Å². The highest BCUT2D eigenvalue weighted by molar-refractivity contribution is 5.64. The molecule has 1 heterocycles. The fourth-order valence-corrected chi connectivity index (χ4v) is 2.51. The van der Waals surface area contributed by atoms with E-state index in [1.807, 2.05) is 36.4 Å². The quantitative estimate of drug-likeness (QED) is 0.672. The van der Waals surface area contributed by atoms with Crippen molar-refractivity contribution in [3.8, 4) is 11.3 Å². The molecule has 0 saturated heterocycles. The van der Waals surface area contributed by atoms with Crippen LogP contribution in [0.1, 0.15) is 26.3 Å². The summed E-state index contributed by atoms with van der Waals surface area (Å²) in [5.74, 6) is 1.04. The van der Waals surface area contributed by atoms with Gasteiger partial charge in [0.15, 0.2) is 0 Å². The molecule has 3 aromatic rings. The molecule has 134 valence electrons. The molecule has 4 nitrogen and oxygen atoms in total. The molecule has 0 aliphatic carbocycles. The Labute approximate surface area is 153 Å². The molecule has 1 aromatic heterocycles. The Kier molecular flexibility index (Phi) is 5.16. The van der Waals surface area contributed by atoms with E-state index in [0.29, 0.717) is 12.5 Å². The van der Waals surface area contributed by atoms with Gasteiger partial charge < -0.3 is 10.6 Å². The standard InChI is InChI=1S/C21H23FN4/c1-21(2,3)26-19-13-18(16-7-5-4-6-8-16)24-20(25-19)23-14-15-9-11-17(22)12-10-15/h4-13H,14H2,1-3H3,(H2,23,24,25,26). The number of hydrogen-bond acceptors (Lipinski definition) is 4. The lowest BCUT2D eigenvalue weighted by Gasteiger charge is -2.22. The van der Waals surface area contributed by atoms with Crippen molar-refractivity contribution < 1.29 is 4.39 Å². The van der Waals surface area contributed by atoms with Gasteiger partial charge in [-0.1, -0.05) is 42.5 Å². The SMILES string of the molecule is CC(C)(C)Nc1cc(-c2ccccc2)nc(NCc2ccc(F)cc2)n1. The van der Waals surface area contributed by atoms with Crippen molar-refractivity contribution in [3.63, 3.8) is 0 Å². The van der Waals surface area contributed by atoms with Crippen LogP contribution >= 0.6 is 0 Å². The number of nitrogens with one attached hydrogen (secondary N) is 2. The molecule has 0 radical (unpaired) electrons. The van der Waals surface area contributed by atoms with Crippen molar-refractivity contribution in [2.45, 2.75) is 32.9 Å². The summed E-state index contributed by atoms with van der Waals surface area (Å²) >= 11 is 0. The van der Waals surface area contributed by atoms with Crippen molar-refractivity contribution in [3.05, 3.63) is 72.0 Å². The van der Waals surface area contributed by atoms with Gasteiger partial charge in [0.2, 0.25) is 5.95 Å². The Morgan fingerprint density at radius 1 is 0.923 bits per heavy atom. The van der Waals surface area contributed by atoms with Crippen LogP contribution in [0, 0.1) is 5.82 Å². The largest absolute Gasteiger partial charge is 0.365 e. The third-order valence-electron chi connectivity index (χ3n) is 3.66.